The minimum atomic E-state index is -1.31. The van der Waals surface area contributed by atoms with E-state index in [-0.39, 0.29) is 11.8 Å². The van der Waals surface area contributed by atoms with Gasteiger partial charge in [-0.3, -0.25) is 4.79 Å². The van der Waals surface area contributed by atoms with Gasteiger partial charge in [0.15, 0.2) is 0 Å². The van der Waals surface area contributed by atoms with Crippen LogP contribution in [0.3, 0.4) is 0 Å². The average Bonchev–Trinajstić information content (AvgIpc) is 2.51. The first-order valence-electron chi connectivity index (χ1n) is 7.78. The van der Waals surface area contributed by atoms with Crippen LogP contribution in [0.15, 0.2) is 42.5 Å². The fraction of sp³-hybridized carbons (Fsp3) is 0.421. The third kappa shape index (κ3) is 3.30. The van der Waals surface area contributed by atoms with Gasteiger partial charge in [0.1, 0.15) is 5.60 Å². The summed E-state index contributed by atoms with van der Waals surface area (Å²) < 4.78 is 0. The lowest BCUT2D eigenvalue weighted by Gasteiger charge is -2.31. The number of carbonyl (C=O) groups excluding carboxylic acids is 1. The normalized spacial score (nSPS) is 14.1. The molecule has 0 aliphatic heterocycles. The standard InChI is InChI=1S/C19H25NO2/c1-14(2)19(3,22)18(21)20(4)13-12-16-10-7-9-15-8-5-6-11-17(15)16/h5-11,14,22H,12-13H2,1-4H3. The molecule has 0 heterocycles. The Balaban J connectivity index is 2.10. The quantitative estimate of drug-likeness (QED) is 0.920. The van der Waals surface area contributed by atoms with Crippen LogP contribution in [-0.2, 0) is 11.2 Å². The van der Waals surface area contributed by atoms with E-state index < -0.39 is 5.60 Å². The zero-order valence-electron chi connectivity index (χ0n) is 13.8. The van der Waals surface area contributed by atoms with E-state index in [0.29, 0.717) is 6.54 Å². The van der Waals surface area contributed by atoms with Crippen LogP contribution in [0.4, 0.5) is 0 Å². The summed E-state index contributed by atoms with van der Waals surface area (Å²) in [5.74, 6) is -0.331. The summed E-state index contributed by atoms with van der Waals surface area (Å²) in [6.45, 7) is 5.90. The molecule has 0 bridgehead atoms. The molecule has 0 spiro atoms. The van der Waals surface area contributed by atoms with Crippen molar-refractivity contribution in [2.24, 2.45) is 5.92 Å². The Bertz CT molecular complexity index is 656. The number of rotatable bonds is 5. The average molecular weight is 299 g/mol. The smallest absolute Gasteiger partial charge is 0.254 e. The second kappa shape index (κ2) is 6.49. The fourth-order valence-corrected chi connectivity index (χ4v) is 2.53. The molecule has 0 aliphatic rings. The van der Waals surface area contributed by atoms with Gasteiger partial charge in [0.2, 0.25) is 0 Å². The lowest BCUT2D eigenvalue weighted by Crippen LogP contribution is -2.49. The Morgan fingerprint density at radius 3 is 2.50 bits per heavy atom. The van der Waals surface area contributed by atoms with Crippen molar-refractivity contribution in [2.45, 2.75) is 32.8 Å². The van der Waals surface area contributed by atoms with Crippen molar-refractivity contribution in [3.05, 3.63) is 48.0 Å². The van der Waals surface area contributed by atoms with E-state index in [2.05, 4.69) is 24.3 Å². The van der Waals surface area contributed by atoms with E-state index in [1.54, 1.807) is 18.9 Å². The monoisotopic (exact) mass is 299 g/mol. The van der Waals surface area contributed by atoms with Crippen LogP contribution in [0.25, 0.3) is 10.8 Å². The number of amides is 1. The minimum absolute atomic E-state index is 0.111. The highest BCUT2D eigenvalue weighted by atomic mass is 16.3. The summed E-state index contributed by atoms with van der Waals surface area (Å²) in [7, 11) is 1.75. The van der Waals surface area contributed by atoms with Crippen molar-refractivity contribution in [2.75, 3.05) is 13.6 Å². The molecule has 3 heteroatoms. The Morgan fingerprint density at radius 1 is 1.18 bits per heavy atom. The number of hydrogen-bond donors (Lipinski definition) is 1. The van der Waals surface area contributed by atoms with Gasteiger partial charge in [0.05, 0.1) is 0 Å². The molecule has 0 aromatic heterocycles. The molecule has 1 N–H and O–H groups in total. The highest BCUT2D eigenvalue weighted by Gasteiger charge is 2.35. The van der Waals surface area contributed by atoms with Crippen LogP contribution in [0.5, 0.6) is 0 Å². The van der Waals surface area contributed by atoms with Gasteiger partial charge in [-0.1, -0.05) is 56.3 Å². The summed E-state index contributed by atoms with van der Waals surface area (Å²) in [5, 5.41) is 12.7. The van der Waals surface area contributed by atoms with Crippen LogP contribution < -0.4 is 0 Å². The number of fused-ring (bicyclic) bond motifs is 1. The van der Waals surface area contributed by atoms with Gasteiger partial charge in [0.25, 0.3) is 5.91 Å². The maximum Gasteiger partial charge on any atom is 0.254 e. The van der Waals surface area contributed by atoms with E-state index in [1.807, 2.05) is 32.0 Å². The summed E-state index contributed by atoms with van der Waals surface area (Å²) in [5.41, 5.74) is -0.0880. The molecule has 1 atom stereocenters. The van der Waals surface area contributed by atoms with Gasteiger partial charge in [-0.2, -0.15) is 0 Å². The van der Waals surface area contributed by atoms with Crippen LogP contribution in [0, 0.1) is 5.92 Å². The van der Waals surface area contributed by atoms with Gasteiger partial charge < -0.3 is 10.0 Å². The van der Waals surface area contributed by atoms with E-state index in [0.717, 1.165) is 6.42 Å². The number of nitrogens with zero attached hydrogens (tertiary/aromatic N) is 1. The molecule has 2 rings (SSSR count). The number of carbonyl (C=O) groups is 1. The van der Waals surface area contributed by atoms with E-state index >= 15 is 0 Å². The van der Waals surface area contributed by atoms with Crippen LogP contribution >= 0.6 is 0 Å². The molecule has 0 saturated heterocycles. The number of likely N-dealkylation sites (N-methyl/N-ethyl adjacent to an activating group) is 1. The lowest BCUT2D eigenvalue weighted by atomic mass is 9.91. The van der Waals surface area contributed by atoms with Crippen LogP contribution in [0.1, 0.15) is 26.3 Å². The molecule has 0 fully saturated rings. The van der Waals surface area contributed by atoms with E-state index in [4.69, 9.17) is 0 Å². The fourth-order valence-electron chi connectivity index (χ4n) is 2.53. The highest BCUT2D eigenvalue weighted by Crippen LogP contribution is 2.21. The Labute approximate surface area is 132 Å². The van der Waals surface area contributed by atoms with Crippen molar-refractivity contribution in [1.29, 1.82) is 0 Å². The van der Waals surface area contributed by atoms with Gasteiger partial charge in [-0.25, -0.2) is 0 Å². The predicted octanol–water partition coefficient (Wildman–Crippen LogP) is 3.25. The number of aliphatic hydroxyl groups is 1. The predicted molar refractivity (Wildman–Crippen MR) is 90.8 cm³/mol. The number of benzene rings is 2. The molecule has 0 aliphatic carbocycles. The largest absolute Gasteiger partial charge is 0.380 e. The van der Waals surface area contributed by atoms with E-state index in [1.165, 1.54) is 16.3 Å². The van der Waals surface area contributed by atoms with Crippen molar-refractivity contribution in [1.82, 2.24) is 4.90 Å². The SMILES string of the molecule is CC(C)C(C)(O)C(=O)N(C)CCc1cccc2ccccc12. The van der Waals surface area contributed by atoms with Crippen molar-refractivity contribution in [3.63, 3.8) is 0 Å². The topological polar surface area (TPSA) is 40.5 Å². The summed E-state index contributed by atoms with van der Waals surface area (Å²) in [6, 6.07) is 14.5. The van der Waals surface area contributed by atoms with Crippen LogP contribution in [-0.4, -0.2) is 35.1 Å². The van der Waals surface area contributed by atoms with Crippen LogP contribution in [0.2, 0.25) is 0 Å². The maximum absolute atomic E-state index is 12.4. The Morgan fingerprint density at radius 2 is 1.82 bits per heavy atom. The maximum atomic E-state index is 12.4. The van der Waals surface area contributed by atoms with Gasteiger partial charge in [-0.15, -0.1) is 0 Å². The van der Waals surface area contributed by atoms with Gasteiger partial charge in [0, 0.05) is 13.6 Å². The Hall–Kier alpha value is -1.87. The first kappa shape index (κ1) is 16.5. The first-order valence-corrected chi connectivity index (χ1v) is 7.78. The molecule has 118 valence electrons. The zero-order chi connectivity index (χ0) is 16.3. The van der Waals surface area contributed by atoms with Crippen molar-refractivity contribution < 1.29 is 9.90 Å². The highest BCUT2D eigenvalue weighted by molar-refractivity contribution is 5.86. The summed E-state index contributed by atoms with van der Waals surface area (Å²) >= 11 is 0. The summed E-state index contributed by atoms with van der Waals surface area (Å²) in [6.07, 6.45) is 0.776. The number of hydrogen-bond acceptors (Lipinski definition) is 2. The zero-order valence-corrected chi connectivity index (χ0v) is 13.8. The van der Waals surface area contributed by atoms with E-state index in [9.17, 15) is 9.90 Å². The van der Waals surface area contributed by atoms with Crippen molar-refractivity contribution >= 4 is 16.7 Å². The van der Waals surface area contributed by atoms with Crippen molar-refractivity contribution in [3.8, 4) is 0 Å². The molecule has 1 unspecified atom stereocenters. The minimum Gasteiger partial charge on any atom is -0.380 e. The van der Waals surface area contributed by atoms with Gasteiger partial charge >= 0.3 is 0 Å². The second-order valence-electron chi connectivity index (χ2n) is 6.42. The lowest BCUT2D eigenvalue weighted by molar-refractivity contribution is -0.152. The third-order valence-corrected chi connectivity index (χ3v) is 4.50. The molecule has 2 aromatic rings. The first-order chi connectivity index (χ1) is 10.3. The molecular formula is C19H25NO2. The Kier molecular flexibility index (Phi) is 4.87. The second-order valence-corrected chi connectivity index (χ2v) is 6.42. The molecule has 3 nitrogen and oxygen atoms in total. The third-order valence-electron chi connectivity index (χ3n) is 4.50. The molecule has 2 aromatic carbocycles. The molecule has 0 saturated carbocycles. The molecule has 22 heavy (non-hydrogen) atoms. The molecule has 1 amide bonds. The molecule has 0 radical (unpaired) electrons. The molecular weight excluding hydrogens is 274 g/mol. The summed E-state index contributed by atoms with van der Waals surface area (Å²) in [4.78, 5) is 14.0. The van der Waals surface area contributed by atoms with Gasteiger partial charge in [-0.05, 0) is 35.6 Å².